The number of halogens is 2. The van der Waals surface area contributed by atoms with Crippen LogP contribution in [-0.4, -0.2) is 13.5 Å². The molecule has 2 aromatic rings. The Labute approximate surface area is 127 Å². The average molecular weight is 329 g/mol. The lowest BCUT2D eigenvalue weighted by Gasteiger charge is -2.03. The fraction of sp³-hybridized carbons (Fsp3) is 0. The molecule has 0 aliphatic rings. The minimum Gasteiger partial charge on any atom is -0.507 e. The van der Waals surface area contributed by atoms with E-state index in [0.717, 1.165) is 5.41 Å². The third kappa shape index (κ3) is 3.33. The van der Waals surface area contributed by atoms with Crippen molar-refractivity contribution < 1.29 is 13.5 Å². The SMILES string of the molecule is O=S(=O)(/C=C(\O)c1ccccc1)c1ccc(Cl)c(Cl)c1. The summed E-state index contributed by atoms with van der Waals surface area (Å²) in [7, 11) is -3.80. The lowest BCUT2D eigenvalue weighted by molar-refractivity contribution is 0.512. The molecular weight excluding hydrogens is 319 g/mol. The molecule has 0 atom stereocenters. The van der Waals surface area contributed by atoms with Gasteiger partial charge in [0.05, 0.1) is 20.3 Å². The summed E-state index contributed by atoms with van der Waals surface area (Å²) in [6.45, 7) is 0. The predicted octanol–water partition coefficient (Wildman–Crippen LogP) is 4.32. The van der Waals surface area contributed by atoms with E-state index in [-0.39, 0.29) is 20.7 Å². The number of rotatable bonds is 3. The number of sulfone groups is 1. The lowest BCUT2D eigenvalue weighted by Crippen LogP contribution is -1.98. The summed E-state index contributed by atoms with van der Waals surface area (Å²) in [6, 6.07) is 12.4. The Morgan fingerprint density at radius 3 is 2.25 bits per heavy atom. The van der Waals surface area contributed by atoms with Crippen LogP contribution in [0.5, 0.6) is 0 Å². The van der Waals surface area contributed by atoms with E-state index in [0.29, 0.717) is 5.56 Å². The van der Waals surface area contributed by atoms with Gasteiger partial charge < -0.3 is 5.11 Å². The molecule has 0 aromatic heterocycles. The molecule has 0 aliphatic heterocycles. The first-order valence-corrected chi connectivity index (χ1v) is 7.86. The Kier molecular flexibility index (Phi) is 4.38. The molecule has 6 heteroatoms. The van der Waals surface area contributed by atoms with Crippen molar-refractivity contribution in [2.45, 2.75) is 4.90 Å². The standard InChI is InChI=1S/C14H10Cl2O3S/c15-12-7-6-11(8-13(12)16)20(18,19)9-14(17)10-4-2-1-3-5-10/h1-9,17H/b14-9-. The van der Waals surface area contributed by atoms with Crippen molar-refractivity contribution in [1.82, 2.24) is 0 Å². The van der Waals surface area contributed by atoms with Crippen LogP contribution in [-0.2, 0) is 9.84 Å². The van der Waals surface area contributed by atoms with Gasteiger partial charge in [-0.25, -0.2) is 8.42 Å². The number of aliphatic hydroxyl groups excluding tert-OH is 1. The summed E-state index contributed by atoms with van der Waals surface area (Å²) in [5, 5.41) is 11.1. The first-order valence-electron chi connectivity index (χ1n) is 5.56. The van der Waals surface area contributed by atoms with Crippen molar-refractivity contribution in [3.8, 4) is 0 Å². The molecule has 3 nitrogen and oxygen atoms in total. The van der Waals surface area contributed by atoms with Gasteiger partial charge in [-0.1, -0.05) is 53.5 Å². The Balaban J connectivity index is 2.43. The van der Waals surface area contributed by atoms with Crippen LogP contribution in [0.2, 0.25) is 10.0 Å². The molecule has 0 unspecified atom stereocenters. The highest BCUT2D eigenvalue weighted by Gasteiger charge is 2.15. The van der Waals surface area contributed by atoms with Gasteiger partial charge in [-0.2, -0.15) is 0 Å². The van der Waals surface area contributed by atoms with Gasteiger partial charge in [0.1, 0.15) is 5.76 Å². The quantitative estimate of drug-likeness (QED) is 0.853. The minimum atomic E-state index is -3.80. The molecule has 2 aromatic carbocycles. The molecular formula is C14H10Cl2O3S. The molecule has 0 saturated heterocycles. The molecule has 0 heterocycles. The highest BCUT2D eigenvalue weighted by atomic mass is 35.5. The van der Waals surface area contributed by atoms with Crippen LogP contribution >= 0.6 is 23.2 Å². The second-order valence-electron chi connectivity index (χ2n) is 3.99. The molecule has 0 saturated carbocycles. The monoisotopic (exact) mass is 328 g/mol. The van der Waals surface area contributed by atoms with Gasteiger partial charge in [0, 0.05) is 5.56 Å². The van der Waals surface area contributed by atoms with Gasteiger partial charge in [0.15, 0.2) is 0 Å². The van der Waals surface area contributed by atoms with E-state index in [1.807, 2.05) is 0 Å². The average Bonchev–Trinajstić information content (AvgIpc) is 2.42. The second-order valence-corrected chi connectivity index (χ2v) is 6.60. The fourth-order valence-corrected chi connectivity index (χ4v) is 3.01. The summed E-state index contributed by atoms with van der Waals surface area (Å²) in [6.07, 6.45) is 0. The molecule has 1 N–H and O–H groups in total. The highest BCUT2D eigenvalue weighted by molar-refractivity contribution is 7.94. The summed E-state index contributed by atoms with van der Waals surface area (Å²) in [5.74, 6) is -0.336. The molecule has 104 valence electrons. The van der Waals surface area contributed by atoms with Crippen LogP contribution < -0.4 is 0 Å². The zero-order valence-electron chi connectivity index (χ0n) is 10.1. The number of hydrogen-bond acceptors (Lipinski definition) is 3. The molecule has 2 rings (SSSR count). The van der Waals surface area contributed by atoms with Crippen LogP contribution in [0.15, 0.2) is 58.8 Å². The number of aliphatic hydroxyl groups is 1. The van der Waals surface area contributed by atoms with Crippen molar-refractivity contribution in [3.05, 3.63) is 69.5 Å². The Bertz CT molecular complexity index is 753. The summed E-state index contributed by atoms with van der Waals surface area (Å²) in [5.41, 5.74) is 0.413. The van der Waals surface area contributed by atoms with Gasteiger partial charge in [-0.05, 0) is 18.2 Å². The minimum absolute atomic E-state index is 0.0330. The Morgan fingerprint density at radius 2 is 1.65 bits per heavy atom. The van der Waals surface area contributed by atoms with Gasteiger partial charge in [0.25, 0.3) is 0 Å². The van der Waals surface area contributed by atoms with E-state index >= 15 is 0 Å². The van der Waals surface area contributed by atoms with E-state index in [4.69, 9.17) is 23.2 Å². The maximum Gasteiger partial charge on any atom is 0.203 e. The van der Waals surface area contributed by atoms with E-state index in [1.54, 1.807) is 30.3 Å². The van der Waals surface area contributed by atoms with Crippen LogP contribution in [0.4, 0.5) is 0 Å². The van der Waals surface area contributed by atoms with Crippen LogP contribution in [0.25, 0.3) is 5.76 Å². The first-order chi connectivity index (χ1) is 9.40. The Hall–Kier alpha value is -1.49. The van der Waals surface area contributed by atoms with E-state index < -0.39 is 9.84 Å². The molecule has 0 aliphatic carbocycles. The highest BCUT2D eigenvalue weighted by Crippen LogP contribution is 2.26. The van der Waals surface area contributed by atoms with Crippen molar-refractivity contribution >= 4 is 38.8 Å². The summed E-state index contributed by atoms with van der Waals surface area (Å²) < 4.78 is 24.3. The maximum absolute atomic E-state index is 12.1. The predicted molar refractivity (Wildman–Crippen MR) is 80.7 cm³/mol. The van der Waals surface area contributed by atoms with Crippen LogP contribution in [0, 0.1) is 0 Å². The Morgan fingerprint density at radius 1 is 1.00 bits per heavy atom. The van der Waals surface area contributed by atoms with Crippen LogP contribution in [0.3, 0.4) is 0 Å². The van der Waals surface area contributed by atoms with Gasteiger partial charge in [-0.15, -0.1) is 0 Å². The van der Waals surface area contributed by atoms with Gasteiger partial charge in [0.2, 0.25) is 9.84 Å². The number of hydrogen-bond donors (Lipinski definition) is 1. The largest absolute Gasteiger partial charge is 0.507 e. The van der Waals surface area contributed by atoms with Crippen molar-refractivity contribution in [2.24, 2.45) is 0 Å². The molecule has 0 spiro atoms. The molecule has 0 radical (unpaired) electrons. The van der Waals surface area contributed by atoms with E-state index in [9.17, 15) is 13.5 Å². The molecule has 0 amide bonds. The smallest absolute Gasteiger partial charge is 0.203 e. The van der Waals surface area contributed by atoms with Crippen molar-refractivity contribution in [3.63, 3.8) is 0 Å². The topological polar surface area (TPSA) is 54.4 Å². The summed E-state index contributed by atoms with van der Waals surface area (Å²) >= 11 is 11.5. The second kappa shape index (κ2) is 5.87. The van der Waals surface area contributed by atoms with Gasteiger partial charge >= 0.3 is 0 Å². The van der Waals surface area contributed by atoms with E-state index in [2.05, 4.69) is 0 Å². The van der Waals surface area contributed by atoms with Crippen LogP contribution in [0.1, 0.15) is 5.56 Å². The molecule has 0 fully saturated rings. The third-order valence-electron chi connectivity index (χ3n) is 2.56. The first kappa shape index (κ1) is 14.9. The van der Waals surface area contributed by atoms with E-state index in [1.165, 1.54) is 18.2 Å². The number of benzene rings is 2. The summed E-state index contributed by atoms with van der Waals surface area (Å²) in [4.78, 5) is -0.0330. The van der Waals surface area contributed by atoms with Gasteiger partial charge in [-0.3, -0.25) is 0 Å². The molecule has 0 bridgehead atoms. The maximum atomic E-state index is 12.1. The lowest BCUT2D eigenvalue weighted by atomic mass is 10.2. The third-order valence-corrected chi connectivity index (χ3v) is 4.74. The zero-order chi connectivity index (χ0) is 14.8. The normalized spacial score (nSPS) is 12.4. The fourth-order valence-electron chi connectivity index (χ4n) is 1.55. The van der Waals surface area contributed by atoms with Crippen molar-refractivity contribution in [2.75, 3.05) is 0 Å². The zero-order valence-corrected chi connectivity index (χ0v) is 12.5. The molecule has 20 heavy (non-hydrogen) atoms. The van der Waals surface area contributed by atoms with Crippen molar-refractivity contribution in [1.29, 1.82) is 0 Å².